The average molecular weight is 442 g/mol. The van der Waals surface area contributed by atoms with Crippen LogP contribution in [-0.2, 0) is 15.5 Å². The van der Waals surface area contributed by atoms with Gasteiger partial charge in [-0.05, 0) is 110 Å². The molecular weight excluding hydrogens is 403 g/mol. The lowest BCUT2D eigenvalue weighted by Gasteiger charge is -2.57. The van der Waals surface area contributed by atoms with E-state index in [1.807, 2.05) is 0 Å². The Balaban J connectivity index is 1.57. The van der Waals surface area contributed by atoms with Crippen LogP contribution < -0.4 is 10.1 Å². The Bertz CT molecular complexity index is 1030. The summed E-state index contributed by atoms with van der Waals surface area (Å²) in [7, 11) is -0.327. The van der Waals surface area contributed by atoms with Crippen LogP contribution in [0.25, 0.3) is 11.1 Å². The van der Waals surface area contributed by atoms with Crippen LogP contribution in [0.1, 0.15) is 90.7 Å². The third-order valence-electron chi connectivity index (χ3n) is 9.49. The molecule has 4 aliphatic carbocycles. The number of rotatable bonds is 5. The van der Waals surface area contributed by atoms with E-state index < -0.39 is 0 Å². The molecule has 0 saturated heterocycles. The van der Waals surface area contributed by atoms with Gasteiger partial charge in [0, 0.05) is 17.1 Å². The molecule has 4 bridgehead atoms. The van der Waals surface area contributed by atoms with Crippen LogP contribution in [-0.4, -0.2) is 13.2 Å². The molecule has 3 heteroatoms. The molecule has 4 fully saturated rings. The Labute approximate surface area is 200 Å². The van der Waals surface area contributed by atoms with Crippen LogP contribution in [0.3, 0.4) is 0 Å². The van der Waals surface area contributed by atoms with Gasteiger partial charge in [-0.1, -0.05) is 51.1 Å². The first kappa shape index (κ1) is 21.8. The molecule has 0 aromatic heterocycles. The van der Waals surface area contributed by atoms with E-state index in [4.69, 9.17) is 9.31 Å². The van der Waals surface area contributed by atoms with Crippen molar-refractivity contribution in [2.45, 2.75) is 96.5 Å². The van der Waals surface area contributed by atoms with E-state index in [0.29, 0.717) is 0 Å². The molecule has 174 valence electrons. The average Bonchev–Trinajstić information content (AvgIpc) is 2.77. The van der Waals surface area contributed by atoms with Crippen LogP contribution in [0.5, 0.6) is 5.75 Å². The zero-order valence-corrected chi connectivity index (χ0v) is 21.1. The molecule has 4 saturated carbocycles. The van der Waals surface area contributed by atoms with Gasteiger partial charge in [0.2, 0.25) is 0 Å². The van der Waals surface area contributed by atoms with Crippen LogP contribution in [0.2, 0.25) is 0 Å². The van der Waals surface area contributed by atoms with Crippen LogP contribution >= 0.6 is 0 Å². The molecule has 0 amide bonds. The van der Waals surface area contributed by atoms with Gasteiger partial charge in [0.05, 0.1) is 0 Å². The molecule has 2 nitrogen and oxygen atoms in total. The molecule has 0 N–H and O–H groups in total. The Kier molecular flexibility index (Phi) is 5.04. The lowest BCUT2D eigenvalue weighted by Crippen LogP contribution is -2.50. The maximum absolute atomic E-state index is 6.87. The molecule has 2 aromatic rings. The minimum Gasteiger partial charge on any atom is -0.532 e. The second kappa shape index (κ2) is 7.64. The van der Waals surface area contributed by atoms with Crippen molar-refractivity contribution < 1.29 is 9.31 Å². The van der Waals surface area contributed by atoms with E-state index in [1.165, 1.54) is 66.2 Å². The minimum absolute atomic E-state index is 0.117. The van der Waals surface area contributed by atoms with Crippen molar-refractivity contribution in [3.63, 3.8) is 0 Å². The summed E-state index contributed by atoms with van der Waals surface area (Å²) in [5, 5.41) is 0. The number of hydrogen-bond donors (Lipinski definition) is 0. The van der Waals surface area contributed by atoms with Gasteiger partial charge in [-0.2, -0.15) is 0 Å². The van der Waals surface area contributed by atoms with Gasteiger partial charge in [0.15, 0.2) is 0 Å². The van der Waals surface area contributed by atoms with Crippen molar-refractivity contribution in [2.24, 2.45) is 17.8 Å². The highest BCUT2D eigenvalue weighted by Crippen LogP contribution is 2.63. The molecule has 5 aliphatic rings. The summed E-state index contributed by atoms with van der Waals surface area (Å²) >= 11 is 0. The molecule has 33 heavy (non-hydrogen) atoms. The molecule has 0 atom stereocenters. The van der Waals surface area contributed by atoms with Crippen LogP contribution in [0.15, 0.2) is 36.4 Å². The Morgan fingerprint density at radius 2 is 1.64 bits per heavy atom. The summed E-state index contributed by atoms with van der Waals surface area (Å²) in [6.07, 6.45) is 9.69. The van der Waals surface area contributed by atoms with Crippen molar-refractivity contribution >= 4 is 12.6 Å². The highest BCUT2D eigenvalue weighted by molar-refractivity contribution is 6.64. The zero-order chi connectivity index (χ0) is 23.0. The molecule has 0 spiro atoms. The first-order valence-electron chi connectivity index (χ1n) is 13.4. The van der Waals surface area contributed by atoms with E-state index in [-0.39, 0.29) is 24.1 Å². The van der Waals surface area contributed by atoms with Crippen molar-refractivity contribution in [3.8, 4) is 16.9 Å². The Morgan fingerprint density at radius 3 is 2.24 bits per heavy atom. The third kappa shape index (κ3) is 3.49. The maximum atomic E-state index is 6.87. The third-order valence-corrected chi connectivity index (χ3v) is 9.49. The number of benzene rings is 2. The predicted octanol–water partition coefficient (Wildman–Crippen LogP) is 7.02. The molecule has 1 aliphatic heterocycles. The fourth-order valence-corrected chi connectivity index (χ4v) is 7.85. The quantitative estimate of drug-likeness (QED) is 0.463. The van der Waals surface area contributed by atoms with Crippen LogP contribution in [0.4, 0.5) is 0 Å². The summed E-state index contributed by atoms with van der Waals surface area (Å²) in [4.78, 5) is 0. The smallest absolute Gasteiger partial charge is 0.532 e. The molecule has 1 heterocycles. The van der Waals surface area contributed by atoms with Gasteiger partial charge in [-0.25, -0.2) is 0 Å². The topological polar surface area (TPSA) is 18.5 Å². The molecule has 7 rings (SSSR count). The normalized spacial score (nSPS) is 29.8. The van der Waals surface area contributed by atoms with Crippen molar-refractivity contribution in [2.75, 3.05) is 0 Å². The standard InChI is InChI=1S/C30H39BO2/c1-6-29(4,5)23-14-25-24-9-7-8-10-27(24)31(32-19(2)3)33-28(25)26(15-23)30-16-20-11-21(17-30)13-22(12-20)18-30/h7-10,14-15,19-22H,6,11-13,16-18H2,1-5H3. The van der Waals surface area contributed by atoms with Gasteiger partial charge in [0.1, 0.15) is 5.75 Å². The predicted molar refractivity (Wildman–Crippen MR) is 137 cm³/mol. The molecule has 0 unspecified atom stereocenters. The first-order valence-corrected chi connectivity index (χ1v) is 13.4. The highest BCUT2D eigenvalue weighted by atomic mass is 16.6. The SMILES string of the molecule is CCC(C)(C)c1cc2c(c(C34CC5CC(CC(C5)C3)C4)c1)OB(OC(C)C)c1ccccc1-2. The van der Waals surface area contributed by atoms with Gasteiger partial charge in [-0.3, -0.25) is 0 Å². The second-order valence-electron chi connectivity index (χ2n) is 12.6. The van der Waals surface area contributed by atoms with Crippen molar-refractivity contribution in [1.29, 1.82) is 0 Å². The monoisotopic (exact) mass is 442 g/mol. The fraction of sp³-hybridized carbons (Fsp3) is 0.600. The summed E-state index contributed by atoms with van der Waals surface area (Å²) in [6, 6.07) is 13.8. The summed E-state index contributed by atoms with van der Waals surface area (Å²) in [5.41, 5.74) is 7.16. The van der Waals surface area contributed by atoms with Gasteiger partial charge >= 0.3 is 7.12 Å². The largest absolute Gasteiger partial charge is 0.563 e. The molecular formula is C30H39BO2. The Morgan fingerprint density at radius 1 is 1.00 bits per heavy atom. The van der Waals surface area contributed by atoms with E-state index in [2.05, 4.69) is 71.0 Å². The van der Waals surface area contributed by atoms with Gasteiger partial charge in [-0.15, -0.1) is 0 Å². The highest BCUT2D eigenvalue weighted by Gasteiger charge is 2.53. The Hall–Kier alpha value is -1.74. The van der Waals surface area contributed by atoms with E-state index >= 15 is 0 Å². The maximum Gasteiger partial charge on any atom is 0.563 e. The lowest BCUT2D eigenvalue weighted by atomic mass is 9.47. The number of hydrogen-bond acceptors (Lipinski definition) is 2. The van der Waals surface area contributed by atoms with E-state index in [9.17, 15) is 0 Å². The lowest BCUT2D eigenvalue weighted by molar-refractivity contribution is -0.00596. The van der Waals surface area contributed by atoms with E-state index in [1.54, 1.807) is 0 Å². The molecule has 2 aromatic carbocycles. The van der Waals surface area contributed by atoms with Gasteiger partial charge in [0.25, 0.3) is 0 Å². The zero-order valence-electron chi connectivity index (χ0n) is 21.1. The van der Waals surface area contributed by atoms with Crippen LogP contribution in [0, 0.1) is 17.8 Å². The van der Waals surface area contributed by atoms with Crippen molar-refractivity contribution in [3.05, 3.63) is 47.5 Å². The van der Waals surface area contributed by atoms with E-state index in [0.717, 1.165) is 29.9 Å². The minimum atomic E-state index is -0.327. The summed E-state index contributed by atoms with van der Waals surface area (Å²) in [5.74, 6) is 3.85. The van der Waals surface area contributed by atoms with Gasteiger partial charge < -0.3 is 9.31 Å². The number of fused-ring (bicyclic) bond motifs is 3. The van der Waals surface area contributed by atoms with Crippen molar-refractivity contribution in [1.82, 2.24) is 0 Å². The second-order valence-corrected chi connectivity index (χ2v) is 12.6. The summed E-state index contributed by atoms with van der Waals surface area (Å²) < 4.78 is 13.2. The molecule has 0 radical (unpaired) electrons. The fourth-order valence-electron chi connectivity index (χ4n) is 7.85. The summed E-state index contributed by atoms with van der Waals surface area (Å²) in [6.45, 7) is 11.3. The first-order chi connectivity index (χ1) is 15.8.